The summed E-state index contributed by atoms with van der Waals surface area (Å²) in [5.74, 6) is 0.861. The molecule has 2 heterocycles. The van der Waals surface area contributed by atoms with Crippen LogP contribution in [-0.2, 0) is 22.6 Å². The molecule has 2 rings (SSSR count). The van der Waals surface area contributed by atoms with E-state index in [-0.39, 0.29) is 17.5 Å². The number of methoxy groups -OCH3 is 1. The van der Waals surface area contributed by atoms with Crippen molar-refractivity contribution in [2.45, 2.75) is 58.2 Å². The summed E-state index contributed by atoms with van der Waals surface area (Å²) in [5, 5.41) is 4.62. The van der Waals surface area contributed by atoms with Gasteiger partial charge >= 0.3 is 5.69 Å². The maximum atomic E-state index is 12.7. The quantitative estimate of drug-likeness (QED) is 0.711. The Hall–Kier alpha value is -1.67. The Labute approximate surface area is 155 Å². The topological polar surface area (TPSA) is 72.6 Å². The molecule has 1 aromatic heterocycles. The zero-order chi connectivity index (χ0) is 19.5. The fraction of sp³-hybridized carbons (Fsp3) is 0.833. The van der Waals surface area contributed by atoms with Gasteiger partial charge in [0.15, 0.2) is 0 Å². The van der Waals surface area contributed by atoms with E-state index >= 15 is 0 Å². The highest BCUT2D eigenvalue weighted by molar-refractivity contribution is 5.84. The minimum absolute atomic E-state index is 0.0119. The molecule has 26 heavy (non-hydrogen) atoms. The summed E-state index contributed by atoms with van der Waals surface area (Å²) < 4.78 is 8.65. The number of carbonyl (C=O) groups excluding carboxylic acids is 1. The number of likely N-dealkylation sites (N-methyl/N-ethyl adjacent to an activating group) is 1. The van der Waals surface area contributed by atoms with Crippen molar-refractivity contribution in [3.8, 4) is 0 Å². The first kappa shape index (κ1) is 20.6. The molecule has 8 heteroatoms. The zero-order valence-electron chi connectivity index (χ0n) is 17.0. The van der Waals surface area contributed by atoms with Crippen molar-refractivity contribution in [3.63, 3.8) is 0 Å². The van der Waals surface area contributed by atoms with Gasteiger partial charge < -0.3 is 14.5 Å². The minimum Gasteiger partial charge on any atom is -0.369 e. The van der Waals surface area contributed by atoms with Gasteiger partial charge in [0.05, 0.1) is 6.54 Å². The second-order valence-corrected chi connectivity index (χ2v) is 7.72. The molecule has 0 aromatic carbocycles. The second-order valence-electron chi connectivity index (χ2n) is 7.72. The first-order chi connectivity index (χ1) is 12.2. The van der Waals surface area contributed by atoms with Crippen LogP contribution in [0.1, 0.15) is 45.4 Å². The average molecular weight is 367 g/mol. The highest BCUT2D eigenvalue weighted by Crippen LogP contribution is 2.27. The maximum Gasteiger partial charge on any atom is 0.345 e. The predicted molar refractivity (Wildman–Crippen MR) is 100 cm³/mol. The van der Waals surface area contributed by atoms with Crippen LogP contribution in [0.4, 0.5) is 0 Å². The van der Waals surface area contributed by atoms with Gasteiger partial charge in [-0.25, -0.2) is 9.48 Å². The molecule has 0 saturated carbocycles. The first-order valence-corrected chi connectivity index (χ1v) is 9.38. The fourth-order valence-electron chi connectivity index (χ4n) is 3.34. The molecule has 1 amide bonds. The van der Waals surface area contributed by atoms with Gasteiger partial charge in [-0.05, 0) is 47.7 Å². The van der Waals surface area contributed by atoms with Crippen molar-refractivity contribution in [1.82, 2.24) is 24.1 Å². The lowest BCUT2D eigenvalue weighted by Crippen LogP contribution is -2.50. The van der Waals surface area contributed by atoms with E-state index in [1.54, 1.807) is 30.2 Å². The molecule has 1 aromatic rings. The van der Waals surface area contributed by atoms with Crippen LogP contribution in [0.15, 0.2) is 4.79 Å². The Morgan fingerprint density at radius 3 is 2.65 bits per heavy atom. The SMILES string of the molecule is CCn1c([C@H]2CCCN(C(=O)C(C)(C)OC)C2)nn(CCN(C)C)c1=O. The summed E-state index contributed by atoms with van der Waals surface area (Å²) in [7, 11) is 5.51. The van der Waals surface area contributed by atoms with E-state index in [0.29, 0.717) is 19.6 Å². The number of ether oxygens (including phenoxy) is 1. The third-order valence-electron chi connectivity index (χ3n) is 5.13. The number of rotatable bonds is 7. The van der Waals surface area contributed by atoms with E-state index in [1.165, 1.54) is 0 Å². The van der Waals surface area contributed by atoms with Gasteiger partial charge in [0, 0.05) is 39.2 Å². The molecule has 1 saturated heterocycles. The summed E-state index contributed by atoms with van der Waals surface area (Å²) in [6.45, 7) is 8.76. The van der Waals surface area contributed by atoms with Gasteiger partial charge in [-0.1, -0.05) is 0 Å². The molecule has 0 radical (unpaired) electrons. The molecule has 1 fully saturated rings. The number of carbonyl (C=O) groups is 1. The fourth-order valence-corrected chi connectivity index (χ4v) is 3.34. The van der Waals surface area contributed by atoms with Crippen LogP contribution in [0.5, 0.6) is 0 Å². The number of hydrogen-bond donors (Lipinski definition) is 0. The summed E-state index contributed by atoms with van der Waals surface area (Å²) in [6, 6.07) is 0. The Kier molecular flexibility index (Phi) is 6.63. The largest absolute Gasteiger partial charge is 0.369 e. The van der Waals surface area contributed by atoms with Crippen LogP contribution in [0.3, 0.4) is 0 Å². The van der Waals surface area contributed by atoms with Crippen LogP contribution >= 0.6 is 0 Å². The van der Waals surface area contributed by atoms with Crippen molar-refractivity contribution in [2.75, 3.05) is 40.8 Å². The number of likely N-dealkylation sites (tertiary alicyclic amines) is 1. The molecule has 0 aliphatic carbocycles. The summed E-state index contributed by atoms with van der Waals surface area (Å²) in [6.07, 6.45) is 1.83. The molecular weight excluding hydrogens is 334 g/mol. The monoisotopic (exact) mass is 367 g/mol. The van der Waals surface area contributed by atoms with Crippen molar-refractivity contribution in [3.05, 3.63) is 16.3 Å². The van der Waals surface area contributed by atoms with Crippen molar-refractivity contribution >= 4 is 5.91 Å². The van der Waals surface area contributed by atoms with Crippen LogP contribution < -0.4 is 5.69 Å². The maximum absolute atomic E-state index is 12.7. The molecule has 0 spiro atoms. The molecule has 0 N–H and O–H groups in total. The van der Waals surface area contributed by atoms with Gasteiger partial charge in [0.25, 0.3) is 5.91 Å². The highest BCUT2D eigenvalue weighted by Gasteiger charge is 2.36. The smallest absolute Gasteiger partial charge is 0.345 e. The van der Waals surface area contributed by atoms with Crippen molar-refractivity contribution in [1.29, 1.82) is 0 Å². The lowest BCUT2D eigenvalue weighted by atomic mass is 9.95. The molecule has 0 bridgehead atoms. The van der Waals surface area contributed by atoms with Gasteiger partial charge in [-0.3, -0.25) is 9.36 Å². The Morgan fingerprint density at radius 2 is 2.08 bits per heavy atom. The van der Waals surface area contributed by atoms with Crippen molar-refractivity contribution in [2.24, 2.45) is 0 Å². The molecule has 1 atom stereocenters. The molecule has 1 aliphatic heterocycles. The third-order valence-corrected chi connectivity index (χ3v) is 5.13. The third kappa shape index (κ3) is 4.35. The van der Waals surface area contributed by atoms with E-state index in [1.807, 2.05) is 30.8 Å². The number of amides is 1. The molecule has 148 valence electrons. The zero-order valence-corrected chi connectivity index (χ0v) is 17.0. The van der Waals surface area contributed by atoms with Gasteiger partial charge in [-0.2, -0.15) is 5.10 Å². The lowest BCUT2D eigenvalue weighted by molar-refractivity contribution is -0.152. The second kappa shape index (κ2) is 8.35. The van der Waals surface area contributed by atoms with E-state index in [0.717, 1.165) is 31.8 Å². The van der Waals surface area contributed by atoms with Gasteiger partial charge in [0.2, 0.25) is 0 Å². The number of hydrogen-bond acceptors (Lipinski definition) is 5. The Bertz CT molecular complexity index is 677. The molecular formula is C18H33N5O3. The number of piperidine rings is 1. The van der Waals surface area contributed by atoms with E-state index in [9.17, 15) is 9.59 Å². The van der Waals surface area contributed by atoms with Crippen LogP contribution in [0, 0.1) is 0 Å². The van der Waals surface area contributed by atoms with Crippen LogP contribution in [-0.4, -0.2) is 76.5 Å². The highest BCUT2D eigenvalue weighted by atomic mass is 16.5. The number of nitrogens with zero attached hydrogens (tertiary/aromatic N) is 5. The average Bonchev–Trinajstić information content (AvgIpc) is 2.95. The van der Waals surface area contributed by atoms with Gasteiger partial charge in [0.1, 0.15) is 11.4 Å². The molecule has 8 nitrogen and oxygen atoms in total. The van der Waals surface area contributed by atoms with Crippen LogP contribution in [0.25, 0.3) is 0 Å². The van der Waals surface area contributed by atoms with E-state index < -0.39 is 5.60 Å². The van der Waals surface area contributed by atoms with Crippen molar-refractivity contribution < 1.29 is 9.53 Å². The van der Waals surface area contributed by atoms with E-state index in [4.69, 9.17) is 4.74 Å². The predicted octanol–water partition coefficient (Wildman–Crippen LogP) is 0.757. The van der Waals surface area contributed by atoms with Crippen LogP contribution in [0.2, 0.25) is 0 Å². The summed E-state index contributed by atoms with van der Waals surface area (Å²) in [4.78, 5) is 29.3. The summed E-state index contributed by atoms with van der Waals surface area (Å²) in [5.41, 5.74) is -0.901. The number of aromatic nitrogens is 3. The first-order valence-electron chi connectivity index (χ1n) is 9.38. The van der Waals surface area contributed by atoms with Gasteiger partial charge in [-0.15, -0.1) is 0 Å². The lowest BCUT2D eigenvalue weighted by Gasteiger charge is -2.36. The minimum atomic E-state index is -0.836. The Balaban J connectivity index is 2.23. The summed E-state index contributed by atoms with van der Waals surface area (Å²) >= 11 is 0. The molecule has 1 aliphatic rings. The normalized spacial score (nSPS) is 18.6. The Morgan fingerprint density at radius 1 is 1.38 bits per heavy atom. The van der Waals surface area contributed by atoms with E-state index in [2.05, 4.69) is 5.10 Å². The standard InChI is InChI=1S/C18H33N5O3/c1-7-22-15(19-23(17(22)25)12-11-20(4)5)14-9-8-10-21(13-14)16(24)18(2,3)26-6/h14H,7-13H2,1-6H3/t14-/m0/s1. The molecule has 0 unspecified atom stereocenters.